The van der Waals surface area contributed by atoms with Crippen LogP contribution in [0.1, 0.15) is 32.1 Å². The second kappa shape index (κ2) is 7.07. The lowest BCUT2D eigenvalue weighted by Crippen LogP contribution is -2.46. The summed E-state index contributed by atoms with van der Waals surface area (Å²) >= 11 is 0. The molecule has 18 heavy (non-hydrogen) atoms. The highest BCUT2D eigenvalue weighted by Crippen LogP contribution is 2.22. The summed E-state index contributed by atoms with van der Waals surface area (Å²) in [5, 5.41) is 12.2. The van der Waals surface area contributed by atoms with Gasteiger partial charge in [0, 0.05) is 38.2 Å². The number of aliphatic hydroxyl groups is 1. The number of ether oxygens (including phenoxy) is 1. The van der Waals surface area contributed by atoms with E-state index in [1.54, 1.807) is 0 Å². The third kappa shape index (κ3) is 3.67. The van der Waals surface area contributed by atoms with Gasteiger partial charge >= 0.3 is 0 Å². The number of amides is 1. The molecule has 5 nitrogen and oxygen atoms in total. The van der Waals surface area contributed by atoms with E-state index < -0.39 is 0 Å². The van der Waals surface area contributed by atoms with Crippen LogP contribution in [0.25, 0.3) is 0 Å². The van der Waals surface area contributed by atoms with Crippen LogP contribution in [0.5, 0.6) is 0 Å². The molecule has 0 radical (unpaired) electrons. The molecule has 2 aliphatic heterocycles. The topological polar surface area (TPSA) is 61.8 Å². The van der Waals surface area contributed by atoms with Crippen molar-refractivity contribution in [1.29, 1.82) is 0 Å². The Bertz CT molecular complexity index is 267. The third-order valence-electron chi connectivity index (χ3n) is 3.81. The predicted octanol–water partition coefficient (Wildman–Crippen LogP) is 0.128. The van der Waals surface area contributed by atoms with E-state index in [0.717, 1.165) is 45.4 Å². The van der Waals surface area contributed by atoms with Gasteiger partial charge in [-0.2, -0.15) is 0 Å². The summed E-state index contributed by atoms with van der Waals surface area (Å²) in [5.74, 6) is 0.235. The second-order valence-electron chi connectivity index (χ2n) is 5.18. The van der Waals surface area contributed by atoms with Gasteiger partial charge in [-0.3, -0.25) is 4.79 Å². The Labute approximate surface area is 108 Å². The van der Waals surface area contributed by atoms with Crippen molar-refractivity contribution in [2.75, 3.05) is 32.9 Å². The average molecular weight is 256 g/mol. The van der Waals surface area contributed by atoms with Gasteiger partial charge in [-0.25, -0.2) is 0 Å². The maximum Gasteiger partial charge on any atom is 0.224 e. The van der Waals surface area contributed by atoms with Crippen LogP contribution in [0.4, 0.5) is 0 Å². The number of hydrogen-bond donors (Lipinski definition) is 2. The number of aliphatic hydroxyl groups excluding tert-OH is 1. The van der Waals surface area contributed by atoms with Crippen LogP contribution >= 0.6 is 0 Å². The normalized spacial score (nSPS) is 28.6. The molecule has 2 atom stereocenters. The number of carbonyl (C=O) groups is 1. The van der Waals surface area contributed by atoms with Crippen molar-refractivity contribution in [3.8, 4) is 0 Å². The zero-order valence-electron chi connectivity index (χ0n) is 10.9. The standard InChI is InChI=1S/C13H24N2O3/c16-7-2-4-12-3-1-6-15(12)13(17)9-11-10-18-8-5-14-11/h11-12,14,16H,1-10H2. The van der Waals surface area contributed by atoms with Gasteiger partial charge in [0.05, 0.1) is 13.2 Å². The molecule has 2 unspecified atom stereocenters. The van der Waals surface area contributed by atoms with Crippen molar-refractivity contribution in [2.45, 2.75) is 44.2 Å². The molecule has 2 fully saturated rings. The van der Waals surface area contributed by atoms with Gasteiger partial charge in [-0.1, -0.05) is 0 Å². The van der Waals surface area contributed by atoms with E-state index in [9.17, 15) is 4.79 Å². The Morgan fingerprint density at radius 3 is 3.11 bits per heavy atom. The molecule has 2 aliphatic rings. The highest BCUT2D eigenvalue weighted by molar-refractivity contribution is 5.77. The van der Waals surface area contributed by atoms with Crippen molar-refractivity contribution in [3.63, 3.8) is 0 Å². The Morgan fingerprint density at radius 1 is 1.50 bits per heavy atom. The minimum Gasteiger partial charge on any atom is -0.396 e. The van der Waals surface area contributed by atoms with Gasteiger partial charge in [0.1, 0.15) is 0 Å². The molecule has 0 aliphatic carbocycles. The first-order valence-electron chi connectivity index (χ1n) is 7.02. The van der Waals surface area contributed by atoms with Crippen LogP contribution in [0, 0.1) is 0 Å². The summed E-state index contributed by atoms with van der Waals surface area (Å²) in [6.45, 7) is 3.32. The molecule has 0 aromatic rings. The van der Waals surface area contributed by atoms with Crippen molar-refractivity contribution >= 4 is 5.91 Å². The second-order valence-corrected chi connectivity index (χ2v) is 5.18. The van der Waals surface area contributed by atoms with E-state index in [4.69, 9.17) is 9.84 Å². The Morgan fingerprint density at radius 2 is 2.39 bits per heavy atom. The van der Waals surface area contributed by atoms with Gasteiger partial charge in [-0.15, -0.1) is 0 Å². The van der Waals surface area contributed by atoms with E-state index in [2.05, 4.69) is 5.32 Å². The van der Waals surface area contributed by atoms with E-state index in [0.29, 0.717) is 19.1 Å². The largest absolute Gasteiger partial charge is 0.396 e. The van der Waals surface area contributed by atoms with E-state index in [1.807, 2.05) is 4.90 Å². The van der Waals surface area contributed by atoms with Crippen molar-refractivity contribution in [2.24, 2.45) is 0 Å². The zero-order chi connectivity index (χ0) is 12.8. The number of likely N-dealkylation sites (tertiary alicyclic amines) is 1. The first-order chi connectivity index (χ1) is 8.81. The number of nitrogens with zero attached hydrogens (tertiary/aromatic N) is 1. The maximum atomic E-state index is 12.3. The van der Waals surface area contributed by atoms with E-state index in [1.165, 1.54) is 0 Å². The third-order valence-corrected chi connectivity index (χ3v) is 3.81. The van der Waals surface area contributed by atoms with Gasteiger partial charge in [0.15, 0.2) is 0 Å². The number of rotatable bonds is 5. The molecule has 2 N–H and O–H groups in total. The van der Waals surface area contributed by atoms with Crippen LogP contribution in [-0.4, -0.2) is 60.9 Å². The fourth-order valence-electron chi connectivity index (χ4n) is 2.87. The first-order valence-corrected chi connectivity index (χ1v) is 7.02. The van der Waals surface area contributed by atoms with E-state index >= 15 is 0 Å². The molecule has 0 aromatic carbocycles. The fourth-order valence-corrected chi connectivity index (χ4v) is 2.87. The highest BCUT2D eigenvalue weighted by Gasteiger charge is 2.29. The number of hydrogen-bond acceptors (Lipinski definition) is 4. The van der Waals surface area contributed by atoms with Crippen molar-refractivity contribution < 1.29 is 14.6 Å². The molecular weight excluding hydrogens is 232 g/mol. The van der Waals surface area contributed by atoms with Crippen LogP contribution in [0.2, 0.25) is 0 Å². The monoisotopic (exact) mass is 256 g/mol. The molecule has 2 saturated heterocycles. The van der Waals surface area contributed by atoms with Crippen LogP contribution < -0.4 is 5.32 Å². The Balaban J connectivity index is 1.79. The molecule has 1 amide bonds. The molecule has 2 heterocycles. The van der Waals surface area contributed by atoms with E-state index in [-0.39, 0.29) is 18.6 Å². The molecule has 5 heteroatoms. The predicted molar refractivity (Wildman–Crippen MR) is 68.3 cm³/mol. The first kappa shape index (κ1) is 13.8. The summed E-state index contributed by atoms with van der Waals surface area (Å²) in [7, 11) is 0. The van der Waals surface area contributed by atoms with Gasteiger partial charge in [-0.05, 0) is 25.7 Å². The number of carbonyl (C=O) groups excluding carboxylic acids is 1. The number of nitrogens with one attached hydrogen (secondary N) is 1. The van der Waals surface area contributed by atoms with Crippen LogP contribution in [0.3, 0.4) is 0 Å². The molecule has 0 aromatic heterocycles. The van der Waals surface area contributed by atoms with Crippen molar-refractivity contribution in [3.05, 3.63) is 0 Å². The fraction of sp³-hybridized carbons (Fsp3) is 0.923. The average Bonchev–Trinajstić information content (AvgIpc) is 2.86. The molecule has 0 spiro atoms. The van der Waals surface area contributed by atoms with Crippen molar-refractivity contribution in [1.82, 2.24) is 10.2 Å². The zero-order valence-corrected chi connectivity index (χ0v) is 10.9. The number of morpholine rings is 1. The summed E-state index contributed by atoms with van der Waals surface area (Å²) in [5.41, 5.74) is 0. The smallest absolute Gasteiger partial charge is 0.224 e. The quantitative estimate of drug-likeness (QED) is 0.734. The summed E-state index contributed by atoms with van der Waals surface area (Å²) in [4.78, 5) is 14.3. The molecule has 0 bridgehead atoms. The molecule has 104 valence electrons. The lowest BCUT2D eigenvalue weighted by molar-refractivity contribution is -0.133. The minimum atomic E-state index is 0.172. The van der Waals surface area contributed by atoms with Crippen LogP contribution in [-0.2, 0) is 9.53 Å². The maximum absolute atomic E-state index is 12.3. The van der Waals surface area contributed by atoms with Gasteiger partial charge < -0.3 is 20.1 Å². The SMILES string of the molecule is O=C(CC1COCCN1)N1CCCC1CCCO. The molecular formula is C13H24N2O3. The summed E-state index contributed by atoms with van der Waals surface area (Å²) in [6.07, 6.45) is 4.43. The van der Waals surface area contributed by atoms with Crippen LogP contribution in [0.15, 0.2) is 0 Å². The van der Waals surface area contributed by atoms with Gasteiger partial charge in [0.25, 0.3) is 0 Å². The lowest BCUT2D eigenvalue weighted by Gasteiger charge is -2.28. The summed E-state index contributed by atoms with van der Waals surface area (Å²) < 4.78 is 5.37. The lowest BCUT2D eigenvalue weighted by atomic mass is 10.1. The Hall–Kier alpha value is -0.650. The van der Waals surface area contributed by atoms with Gasteiger partial charge in [0.2, 0.25) is 5.91 Å². The highest BCUT2D eigenvalue weighted by atomic mass is 16.5. The molecule has 2 rings (SSSR count). The molecule has 0 saturated carbocycles. The minimum absolute atomic E-state index is 0.172. The Kier molecular flexibility index (Phi) is 5.41. The summed E-state index contributed by atoms with van der Waals surface area (Å²) in [6, 6.07) is 0.513.